The van der Waals surface area contributed by atoms with E-state index in [0.717, 1.165) is 0 Å². The SMILES string of the molecule is COCCCN1C(=O)C(=O)/C(=C(\O)c2ccc(OC)cc2)[C@H]1c1cccc(OC)c1. The number of likely N-dealkylation sites (tertiary alicyclic amines) is 1. The molecule has 1 saturated heterocycles. The highest BCUT2D eigenvalue weighted by atomic mass is 16.5. The molecule has 7 heteroatoms. The number of aliphatic hydroxyl groups excluding tert-OH is 1. The monoisotopic (exact) mass is 411 g/mol. The summed E-state index contributed by atoms with van der Waals surface area (Å²) in [6.45, 7) is 0.770. The zero-order chi connectivity index (χ0) is 21.7. The number of hydrogen-bond acceptors (Lipinski definition) is 6. The Morgan fingerprint density at radius 3 is 2.33 bits per heavy atom. The molecule has 7 nitrogen and oxygen atoms in total. The Hall–Kier alpha value is -3.32. The van der Waals surface area contributed by atoms with Crippen LogP contribution in [0.4, 0.5) is 0 Å². The van der Waals surface area contributed by atoms with Crippen LogP contribution in [0.1, 0.15) is 23.6 Å². The molecule has 158 valence electrons. The van der Waals surface area contributed by atoms with Crippen molar-refractivity contribution in [1.29, 1.82) is 0 Å². The molecule has 0 spiro atoms. The summed E-state index contributed by atoms with van der Waals surface area (Å²) in [7, 11) is 4.67. The summed E-state index contributed by atoms with van der Waals surface area (Å²) in [5.74, 6) is -0.365. The first kappa shape index (κ1) is 21.4. The molecule has 30 heavy (non-hydrogen) atoms. The van der Waals surface area contributed by atoms with Gasteiger partial charge in [-0.25, -0.2) is 0 Å². The smallest absolute Gasteiger partial charge is 0.295 e. The lowest BCUT2D eigenvalue weighted by molar-refractivity contribution is -0.140. The Morgan fingerprint density at radius 2 is 1.70 bits per heavy atom. The van der Waals surface area contributed by atoms with Gasteiger partial charge in [0.05, 0.1) is 25.8 Å². The van der Waals surface area contributed by atoms with E-state index >= 15 is 0 Å². The van der Waals surface area contributed by atoms with Gasteiger partial charge in [0, 0.05) is 25.8 Å². The van der Waals surface area contributed by atoms with Crippen LogP contribution in [0.5, 0.6) is 11.5 Å². The first-order valence-electron chi connectivity index (χ1n) is 9.57. The van der Waals surface area contributed by atoms with Crippen LogP contribution < -0.4 is 9.47 Å². The number of Topliss-reactive ketones (excluding diaryl/α,β-unsaturated/α-hetero) is 1. The molecule has 0 saturated carbocycles. The lowest BCUT2D eigenvalue weighted by Crippen LogP contribution is -2.31. The van der Waals surface area contributed by atoms with Crippen molar-refractivity contribution < 1.29 is 28.9 Å². The van der Waals surface area contributed by atoms with Crippen molar-refractivity contribution in [3.8, 4) is 11.5 Å². The van der Waals surface area contributed by atoms with E-state index in [9.17, 15) is 14.7 Å². The summed E-state index contributed by atoms with van der Waals surface area (Å²) in [6.07, 6.45) is 0.562. The lowest BCUT2D eigenvalue weighted by Gasteiger charge is -2.25. The molecule has 0 bridgehead atoms. The van der Waals surface area contributed by atoms with Gasteiger partial charge in [0.15, 0.2) is 0 Å². The number of ether oxygens (including phenoxy) is 3. The Balaban J connectivity index is 2.11. The quantitative estimate of drug-likeness (QED) is 0.311. The van der Waals surface area contributed by atoms with Gasteiger partial charge >= 0.3 is 0 Å². The standard InChI is InChI=1S/C23H25NO6/c1-28-13-5-12-24-20(16-6-4-7-18(14-16)30-3)19(22(26)23(24)27)21(25)15-8-10-17(29-2)11-9-15/h4,6-11,14,20,25H,5,12-13H2,1-3H3/b21-19-/t20-/m1/s1. The predicted molar refractivity (Wildman–Crippen MR) is 111 cm³/mol. The van der Waals surface area contributed by atoms with Crippen LogP contribution in [-0.4, -0.2) is 56.2 Å². The number of hydrogen-bond donors (Lipinski definition) is 1. The van der Waals surface area contributed by atoms with Crippen LogP contribution in [-0.2, 0) is 14.3 Å². The molecule has 1 atom stereocenters. The van der Waals surface area contributed by atoms with Crippen molar-refractivity contribution in [3.05, 3.63) is 65.2 Å². The lowest BCUT2D eigenvalue weighted by atomic mass is 9.95. The van der Waals surface area contributed by atoms with Crippen LogP contribution in [0.2, 0.25) is 0 Å². The Morgan fingerprint density at radius 1 is 1.00 bits per heavy atom. The van der Waals surface area contributed by atoms with Crippen LogP contribution in [0, 0.1) is 0 Å². The summed E-state index contributed by atoms with van der Waals surface area (Å²) < 4.78 is 15.5. The molecule has 0 aliphatic carbocycles. The summed E-state index contributed by atoms with van der Waals surface area (Å²) in [4.78, 5) is 27.2. The minimum Gasteiger partial charge on any atom is -0.507 e. The number of nitrogens with zero attached hydrogens (tertiary/aromatic N) is 1. The van der Waals surface area contributed by atoms with Crippen LogP contribution in [0.3, 0.4) is 0 Å². The average molecular weight is 411 g/mol. The van der Waals surface area contributed by atoms with E-state index in [4.69, 9.17) is 14.2 Å². The number of ketones is 1. The zero-order valence-electron chi connectivity index (χ0n) is 17.3. The number of amides is 1. The fraction of sp³-hybridized carbons (Fsp3) is 0.304. The molecule has 0 unspecified atom stereocenters. The molecule has 1 N–H and O–H groups in total. The second-order valence-electron chi connectivity index (χ2n) is 6.84. The van der Waals surface area contributed by atoms with E-state index < -0.39 is 17.7 Å². The summed E-state index contributed by atoms with van der Waals surface area (Å²) in [5.41, 5.74) is 1.16. The van der Waals surface area contributed by atoms with Gasteiger partial charge in [-0.1, -0.05) is 12.1 Å². The molecule has 3 rings (SSSR count). The first-order valence-corrected chi connectivity index (χ1v) is 9.57. The fourth-order valence-electron chi connectivity index (χ4n) is 3.55. The highest BCUT2D eigenvalue weighted by molar-refractivity contribution is 6.46. The first-order chi connectivity index (χ1) is 14.5. The molecular weight excluding hydrogens is 386 g/mol. The van der Waals surface area contributed by atoms with E-state index in [1.807, 2.05) is 6.07 Å². The fourth-order valence-corrected chi connectivity index (χ4v) is 3.55. The van der Waals surface area contributed by atoms with Crippen molar-refractivity contribution in [2.45, 2.75) is 12.5 Å². The number of rotatable bonds is 8. The number of aliphatic hydroxyl groups is 1. The van der Waals surface area contributed by atoms with Crippen molar-refractivity contribution in [2.75, 3.05) is 34.5 Å². The Bertz CT molecular complexity index is 950. The van der Waals surface area contributed by atoms with Gasteiger partial charge in [-0.3, -0.25) is 9.59 Å². The third-order valence-corrected chi connectivity index (χ3v) is 5.06. The van der Waals surface area contributed by atoms with Crippen molar-refractivity contribution >= 4 is 17.4 Å². The largest absolute Gasteiger partial charge is 0.507 e. The number of benzene rings is 2. The maximum Gasteiger partial charge on any atom is 0.295 e. The minimum atomic E-state index is -0.723. The van der Waals surface area contributed by atoms with Gasteiger partial charge in [-0.2, -0.15) is 0 Å². The average Bonchev–Trinajstić information content (AvgIpc) is 3.04. The molecule has 0 radical (unpaired) electrons. The maximum absolute atomic E-state index is 12.9. The molecule has 1 heterocycles. The molecule has 0 aromatic heterocycles. The third kappa shape index (κ3) is 4.16. The zero-order valence-corrected chi connectivity index (χ0v) is 17.3. The highest BCUT2D eigenvalue weighted by Gasteiger charge is 2.45. The van der Waals surface area contributed by atoms with Crippen molar-refractivity contribution in [1.82, 2.24) is 4.90 Å². The number of carbonyl (C=O) groups is 2. The molecule has 1 aliphatic heterocycles. The Labute approximate surface area is 175 Å². The predicted octanol–water partition coefficient (Wildman–Crippen LogP) is 3.16. The molecular formula is C23H25NO6. The molecule has 1 aliphatic rings. The van der Waals surface area contributed by atoms with E-state index in [2.05, 4.69) is 0 Å². The van der Waals surface area contributed by atoms with E-state index in [1.165, 1.54) is 4.90 Å². The molecule has 2 aromatic rings. The number of methoxy groups -OCH3 is 3. The van der Waals surface area contributed by atoms with Gasteiger partial charge in [0.25, 0.3) is 11.7 Å². The highest BCUT2D eigenvalue weighted by Crippen LogP contribution is 2.40. The summed E-state index contributed by atoms with van der Waals surface area (Å²) in [6, 6.07) is 13.1. The Kier molecular flexibility index (Phi) is 6.74. The topological polar surface area (TPSA) is 85.3 Å². The van der Waals surface area contributed by atoms with Crippen molar-refractivity contribution in [3.63, 3.8) is 0 Å². The van der Waals surface area contributed by atoms with Gasteiger partial charge < -0.3 is 24.2 Å². The van der Waals surface area contributed by atoms with E-state index in [1.54, 1.807) is 63.8 Å². The van der Waals surface area contributed by atoms with Gasteiger partial charge in [-0.15, -0.1) is 0 Å². The van der Waals surface area contributed by atoms with Crippen LogP contribution in [0.15, 0.2) is 54.1 Å². The van der Waals surface area contributed by atoms with E-state index in [-0.39, 0.29) is 11.3 Å². The summed E-state index contributed by atoms with van der Waals surface area (Å²) >= 11 is 0. The molecule has 1 fully saturated rings. The number of carbonyl (C=O) groups excluding carboxylic acids is 2. The second-order valence-corrected chi connectivity index (χ2v) is 6.84. The molecule has 1 amide bonds. The maximum atomic E-state index is 12.9. The van der Waals surface area contributed by atoms with Crippen LogP contribution in [0.25, 0.3) is 5.76 Å². The second kappa shape index (κ2) is 9.45. The van der Waals surface area contributed by atoms with Gasteiger partial charge in [-0.05, 0) is 48.4 Å². The van der Waals surface area contributed by atoms with Crippen molar-refractivity contribution in [2.24, 2.45) is 0 Å². The van der Waals surface area contributed by atoms with E-state index in [0.29, 0.717) is 42.2 Å². The summed E-state index contributed by atoms with van der Waals surface area (Å²) in [5, 5.41) is 11.0. The van der Waals surface area contributed by atoms with Gasteiger partial charge in [0.1, 0.15) is 17.3 Å². The van der Waals surface area contributed by atoms with Crippen LogP contribution >= 0.6 is 0 Å². The molecule has 2 aromatic carbocycles. The minimum absolute atomic E-state index is 0.0517. The third-order valence-electron chi connectivity index (χ3n) is 5.06. The van der Waals surface area contributed by atoms with Gasteiger partial charge in [0.2, 0.25) is 0 Å². The normalized spacial score (nSPS) is 18.0.